The minimum absolute atomic E-state index is 0.0743. The van der Waals surface area contributed by atoms with E-state index in [9.17, 15) is 27.6 Å². The molecule has 0 unspecified atom stereocenters. The smallest absolute Gasteiger partial charge is 0.394 e. The zero-order chi connectivity index (χ0) is 19.6. The average molecular weight is 394 g/mol. The zero-order valence-electron chi connectivity index (χ0n) is 13.4. The third-order valence-corrected chi connectivity index (χ3v) is 4.20. The number of hydrogen-bond donors (Lipinski definition) is 3. The molecule has 1 aliphatic rings. The Balaban J connectivity index is 2.15. The summed E-state index contributed by atoms with van der Waals surface area (Å²) in [4.78, 5) is 35.2. The second-order valence-electron chi connectivity index (χ2n) is 5.80. The van der Waals surface area contributed by atoms with Crippen molar-refractivity contribution in [1.82, 2.24) is 4.90 Å². The summed E-state index contributed by atoms with van der Waals surface area (Å²) in [6.07, 6.45) is -4.74. The molecule has 0 aromatic heterocycles. The van der Waals surface area contributed by atoms with Crippen LogP contribution in [0, 0.1) is 11.8 Å². The highest BCUT2D eigenvalue weighted by atomic mass is 35.5. The predicted molar refractivity (Wildman–Crippen MR) is 87.0 cm³/mol. The van der Waals surface area contributed by atoms with Gasteiger partial charge in [0, 0.05) is 25.7 Å². The molecule has 1 aliphatic heterocycles. The van der Waals surface area contributed by atoms with Gasteiger partial charge in [-0.05, 0) is 18.2 Å². The number of alkyl halides is 3. The summed E-state index contributed by atoms with van der Waals surface area (Å²) in [6, 6.07) is 3.30. The fraction of sp³-hybridized carbons (Fsp3) is 0.400. The maximum Gasteiger partial charge on any atom is 0.394 e. The van der Waals surface area contributed by atoms with Gasteiger partial charge in [0.05, 0.1) is 22.5 Å². The number of carbonyl (C=O) groups is 3. The average Bonchev–Trinajstić information content (AvgIpc) is 2.96. The van der Waals surface area contributed by atoms with E-state index >= 15 is 0 Å². The van der Waals surface area contributed by atoms with Crippen molar-refractivity contribution in [1.29, 1.82) is 0 Å². The molecule has 2 rings (SSSR count). The summed E-state index contributed by atoms with van der Waals surface area (Å²) in [5.74, 6) is -5.86. The summed E-state index contributed by atoms with van der Waals surface area (Å²) in [7, 11) is 0. The van der Waals surface area contributed by atoms with Gasteiger partial charge < -0.3 is 20.6 Å². The third kappa shape index (κ3) is 4.57. The van der Waals surface area contributed by atoms with Crippen molar-refractivity contribution in [3.05, 3.63) is 23.2 Å². The first-order valence-corrected chi connectivity index (χ1v) is 7.79. The quantitative estimate of drug-likeness (QED) is 0.735. The maximum absolute atomic E-state index is 13.0. The van der Waals surface area contributed by atoms with Crippen LogP contribution in [0.5, 0.6) is 0 Å². The molecule has 26 heavy (non-hydrogen) atoms. The Labute approximate surface area is 151 Å². The lowest BCUT2D eigenvalue weighted by atomic mass is 9.96. The van der Waals surface area contributed by atoms with Crippen molar-refractivity contribution in [2.45, 2.75) is 13.1 Å². The first-order valence-electron chi connectivity index (χ1n) is 7.41. The molecule has 11 heteroatoms. The molecule has 0 radical (unpaired) electrons. The van der Waals surface area contributed by atoms with Gasteiger partial charge in [0.25, 0.3) is 0 Å². The second kappa shape index (κ2) is 7.40. The van der Waals surface area contributed by atoms with Crippen molar-refractivity contribution in [2.75, 3.05) is 23.7 Å². The molecule has 1 heterocycles. The Morgan fingerprint density at radius 3 is 2.38 bits per heavy atom. The fourth-order valence-corrected chi connectivity index (χ4v) is 2.81. The highest BCUT2D eigenvalue weighted by Crippen LogP contribution is 2.38. The normalized spacial score (nSPS) is 20.0. The van der Waals surface area contributed by atoms with Crippen LogP contribution < -0.4 is 10.6 Å². The monoisotopic (exact) mass is 393 g/mol. The number of amides is 3. The second-order valence-corrected chi connectivity index (χ2v) is 6.21. The molecule has 7 nitrogen and oxygen atoms in total. The SMILES string of the molecule is CC(=O)Nc1ccc(Cl)c(NC(=O)N2C[C@@H](C(F)(F)F)[C@H](C(=O)O)C2)c1. The van der Waals surface area contributed by atoms with Crippen molar-refractivity contribution in [3.8, 4) is 0 Å². The summed E-state index contributed by atoms with van der Waals surface area (Å²) < 4.78 is 39.0. The van der Waals surface area contributed by atoms with Crippen LogP contribution in [0.2, 0.25) is 5.02 Å². The number of halogens is 4. The largest absolute Gasteiger partial charge is 0.481 e. The van der Waals surface area contributed by atoms with E-state index in [1.165, 1.54) is 25.1 Å². The van der Waals surface area contributed by atoms with Gasteiger partial charge in [-0.15, -0.1) is 0 Å². The summed E-state index contributed by atoms with van der Waals surface area (Å²) >= 11 is 5.94. The minimum Gasteiger partial charge on any atom is -0.481 e. The number of rotatable bonds is 3. The Hall–Kier alpha value is -2.49. The number of urea groups is 1. The lowest BCUT2D eigenvalue weighted by Gasteiger charge is -2.19. The van der Waals surface area contributed by atoms with Gasteiger partial charge in [-0.1, -0.05) is 11.6 Å². The Bertz CT molecular complexity index is 741. The molecule has 1 saturated heterocycles. The number of carbonyl (C=O) groups excluding carboxylic acids is 2. The van der Waals surface area contributed by atoms with Crippen LogP contribution in [0.3, 0.4) is 0 Å². The number of aliphatic carboxylic acids is 1. The van der Waals surface area contributed by atoms with Crippen LogP contribution in [0.4, 0.5) is 29.3 Å². The van der Waals surface area contributed by atoms with Crippen LogP contribution in [-0.4, -0.2) is 47.2 Å². The van der Waals surface area contributed by atoms with Crippen molar-refractivity contribution < 1.29 is 32.7 Å². The van der Waals surface area contributed by atoms with Crippen molar-refractivity contribution >= 4 is 40.9 Å². The van der Waals surface area contributed by atoms with Crippen LogP contribution in [-0.2, 0) is 9.59 Å². The summed E-state index contributed by atoms with van der Waals surface area (Å²) in [5.41, 5.74) is 0.403. The molecule has 3 amide bonds. The van der Waals surface area contributed by atoms with Gasteiger partial charge in [0.2, 0.25) is 5.91 Å². The van der Waals surface area contributed by atoms with Gasteiger partial charge in [-0.3, -0.25) is 9.59 Å². The minimum atomic E-state index is -4.74. The molecule has 0 spiro atoms. The van der Waals surface area contributed by atoms with Crippen molar-refractivity contribution in [2.24, 2.45) is 11.8 Å². The topological polar surface area (TPSA) is 98.7 Å². The molecule has 1 fully saturated rings. The van der Waals surface area contributed by atoms with Crippen LogP contribution >= 0.6 is 11.6 Å². The van der Waals surface area contributed by atoms with E-state index in [4.69, 9.17) is 16.7 Å². The molecular weight excluding hydrogens is 379 g/mol. The molecule has 2 atom stereocenters. The van der Waals surface area contributed by atoms with E-state index in [-0.39, 0.29) is 16.6 Å². The number of likely N-dealkylation sites (tertiary alicyclic amines) is 1. The molecule has 1 aromatic rings. The van der Waals surface area contributed by atoms with E-state index in [0.29, 0.717) is 5.69 Å². The molecule has 0 aliphatic carbocycles. The van der Waals surface area contributed by atoms with Crippen LogP contribution in [0.1, 0.15) is 6.92 Å². The highest BCUT2D eigenvalue weighted by molar-refractivity contribution is 6.33. The van der Waals surface area contributed by atoms with Gasteiger partial charge >= 0.3 is 18.2 Å². The van der Waals surface area contributed by atoms with E-state index in [2.05, 4.69) is 10.6 Å². The molecule has 0 bridgehead atoms. The molecular formula is C15H15ClF3N3O4. The third-order valence-electron chi connectivity index (χ3n) is 3.87. The van der Waals surface area contributed by atoms with E-state index < -0.39 is 43.1 Å². The number of anilines is 2. The predicted octanol–water partition coefficient (Wildman–Crippen LogP) is 3.03. The Morgan fingerprint density at radius 1 is 1.23 bits per heavy atom. The number of nitrogens with zero attached hydrogens (tertiary/aromatic N) is 1. The molecule has 142 valence electrons. The summed E-state index contributed by atoms with van der Waals surface area (Å²) in [5, 5.41) is 13.9. The van der Waals surface area contributed by atoms with E-state index in [1.54, 1.807) is 0 Å². The van der Waals surface area contributed by atoms with Gasteiger partial charge in [0.15, 0.2) is 0 Å². The molecule has 0 saturated carbocycles. The number of benzene rings is 1. The number of hydrogen-bond acceptors (Lipinski definition) is 3. The molecule has 3 N–H and O–H groups in total. The first kappa shape index (κ1) is 19.8. The number of nitrogens with one attached hydrogen (secondary N) is 2. The van der Waals surface area contributed by atoms with Crippen LogP contribution in [0.25, 0.3) is 0 Å². The van der Waals surface area contributed by atoms with Crippen LogP contribution in [0.15, 0.2) is 18.2 Å². The van der Waals surface area contributed by atoms with Gasteiger partial charge in [-0.2, -0.15) is 13.2 Å². The number of carboxylic acids is 1. The standard InChI is InChI=1S/C15H15ClF3N3O4/c1-7(23)20-8-2-3-11(16)12(4-8)21-14(26)22-5-9(13(24)25)10(6-22)15(17,18)19/h2-4,9-10H,5-6H2,1H3,(H,20,23)(H,21,26)(H,24,25)/t9-,10-/m1/s1. The summed E-state index contributed by atoms with van der Waals surface area (Å²) in [6.45, 7) is -0.0654. The number of carboxylic acid groups (broad SMARTS) is 1. The lowest BCUT2D eigenvalue weighted by molar-refractivity contribution is -0.187. The highest BCUT2D eigenvalue weighted by Gasteiger charge is 2.53. The molecule has 1 aromatic carbocycles. The Kier molecular flexibility index (Phi) is 5.65. The first-order chi connectivity index (χ1) is 12.0. The van der Waals surface area contributed by atoms with Gasteiger partial charge in [-0.25, -0.2) is 4.79 Å². The van der Waals surface area contributed by atoms with Crippen molar-refractivity contribution in [3.63, 3.8) is 0 Å². The Morgan fingerprint density at radius 2 is 1.88 bits per heavy atom. The maximum atomic E-state index is 13.0. The van der Waals surface area contributed by atoms with Gasteiger partial charge in [0.1, 0.15) is 0 Å². The van der Waals surface area contributed by atoms with E-state index in [0.717, 1.165) is 4.90 Å². The zero-order valence-corrected chi connectivity index (χ0v) is 14.2. The van der Waals surface area contributed by atoms with E-state index in [1.807, 2.05) is 0 Å². The fourth-order valence-electron chi connectivity index (χ4n) is 2.65. The lowest BCUT2D eigenvalue weighted by Crippen LogP contribution is -2.35.